The van der Waals surface area contributed by atoms with Gasteiger partial charge in [-0.05, 0) is 11.4 Å². The van der Waals surface area contributed by atoms with E-state index >= 15 is 0 Å². The maximum Gasteiger partial charge on any atom is 0.293 e. The molecule has 1 aromatic heterocycles. The van der Waals surface area contributed by atoms with Crippen molar-refractivity contribution in [1.29, 1.82) is 0 Å². The number of rotatable bonds is 3. The Kier molecular flexibility index (Phi) is 4.56. The Morgan fingerprint density at radius 1 is 1.09 bits per heavy atom. The first-order valence-corrected chi connectivity index (χ1v) is 9.25. The number of amidine groups is 1. The molecule has 22 heavy (non-hydrogen) atoms. The van der Waals surface area contributed by atoms with Crippen molar-refractivity contribution in [3.8, 4) is 0 Å². The molecule has 0 amide bonds. The number of benzene rings is 1. The molecule has 3 rings (SSSR count). The van der Waals surface area contributed by atoms with Gasteiger partial charge in [0.2, 0.25) is 0 Å². The molecule has 0 unspecified atom stereocenters. The van der Waals surface area contributed by atoms with Gasteiger partial charge in [0.25, 0.3) is 10.0 Å². The summed E-state index contributed by atoms with van der Waals surface area (Å²) in [6, 6.07) is 12.7. The maximum absolute atomic E-state index is 12.5. The third-order valence-electron chi connectivity index (χ3n) is 3.30. The Bertz CT molecular complexity index is 734. The largest absolute Gasteiger partial charge is 0.378 e. The molecule has 2 heterocycles. The lowest BCUT2D eigenvalue weighted by atomic mass is 10.2. The van der Waals surface area contributed by atoms with Crippen molar-refractivity contribution in [2.24, 2.45) is 4.40 Å². The highest BCUT2D eigenvalue weighted by Crippen LogP contribution is 2.20. The first-order valence-electron chi connectivity index (χ1n) is 6.93. The molecule has 1 aromatic carbocycles. The number of thiophene rings is 1. The highest BCUT2D eigenvalue weighted by Gasteiger charge is 2.22. The molecule has 0 N–H and O–H groups in total. The summed E-state index contributed by atoms with van der Waals surface area (Å²) in [5.74, 6) is 0.484. The normalized spacial score (nSPS) is 16.7. The number of ether oxygens (including phenoxy) is 1. The zero-order chi connectivity index (χ0) is 15.4. The zero-order valence-corrected chi connectivity index (χ0v) is 13.5. The topological polar surface area (TPSA) is 59.0 Å². The van der Waals surface area contributed by atoms with Gasteiger partial charge in [0.1, 0.15) is 10.0 Å². The van der Waals surface area contributed by atoms with Crippen LogP contribution in [0.3, 0.4) is 0 Å². The minimum Gasteiger partial charge on any atom is -0.378 e. The van der Waals surface area contributed by atoms with Crippen molar-refractivity contribution in [2.45, 2.75) is 4.21 Å². The van der Waals surface area contributed by atoms with Crippen LogP contribution in [0.15, 0.2) is 56.5 Å². The lowest BCUT2D eigenvalue weighted by Crippen LogP contribution is -2.41. The van der Waals surface area contributed by atoms with Crippen LogP contribution in [0.2, 0.25) is 0 Å². The molecule has 0 radical (unpaired) electrons. The van der Waals surface area contributed by atoms with E-state index in [9.17, 15) is 8.42 Å². The van der Waals surface area contributed by atoms with E-state index < -0.39 is 10.0 Å². The van der Waals surface area contributed by atoms with Crippen LogP contribution in [0, 0.1) is 0 Å². The highest BCUT2D eigenvalue weighted by molar-refractivity contribution is 7.92. The van der Waals surface area contributed by atoms with Gasteiger partial charge >= 0.3 is 0 Å². The van der Waals surface area contributed by atoms with Crippen molar-refractivity contribution >= 4 is 27.2 Å². The monoisotopic (exact) mass is 336 g/mol. The Labute approximate surface area is 133 Å². The van der Waals surface area contributed by atoms with Gasteiger partial charge in [-0.25, -0.2) is 0 Å². The predicted octanol–water partition coefficient (Wildman–Crippen LogP) is 2.22. The van der Waals surface area contributed by atoms with Crippen molar-refractivity contribution in [3.63, 3.8) is 0 Å². The van der Waals surface area contributed by atoms with E-state index in [1.54, 1.807) is 17.5 Å². The second-order valence-electron chi connectivity index (χ2n) is 4.79. The lowest BCUT2D eigenvalue weighted by Gasteiger charge is -2.29. The van der Waals surface area contributed by atoms with Gasteiger partial charge in [0, 0.05) is 18.7 Å². The van der Waals surface area contributed by atoms with E-state index in [-0.39, 0.29) is 4.21 Å². The molecule has 116 valence electrons. The molecule has 0 saturated carbocycles. The SMILES string of the molecule is O=S(=O)(/N=C(\c1ccccc1)N1CCOCC1)c1cccs1. The first-order chi connectivity index (χ1) is 10.7. The fourth-order valence-electron chi connectivity index (χ4n) is 2.22. The molecule has 0 atom stereocenters. The molecule has 7 heteroatoms. The van der Waals surface area contributed by atoms with Gasteiger partial charge in [-0.2, -0.15) is 8.42 Å². The number of hydrogen-bond donors (Lipinski definition) is 0. The van der Waals surface area contributed by atoms with Gasteiger partial charge < -0.3 is 9.64 Å². The molecule has 1 fully saturated rings. The summed E-state index contributed by atoms with van der Waals surface area (Å²) in [4.78, 5) is 1.96. The molecule has 0 aliphatic carbocycles. The van der Waals surface area contributed by atoms with Gasteiger partial charge in [-0.15, -0.1) is 15.7 Å². The second kappa shape index (κ2) is 6.60. The first kappa shape index (κ1) is 15.2. The van der Waals surface area contributed by atoms with Crippen LogP contribution in [0.4, 0.5) is 0 Å². The highest BCUT2D eigenvalue weighted by atomic mass is 32.2. The fraction of sp³-hybridized carbons (Fsp3) is 0.267. The van der Waals surface area contributed by atoms with Crippen LogP contribution in [0.5, 0.6) is 0 Å². The molecule has 0 spiro atoms. The van der Waals surface area contributed by atoms with Crippen LogP contribution in [0.1, 0.15) is 5.56 Å². The minimum atomic E-state index is -3.69. The van der Waals surface area contributed by atoms with Crippen molar-refractivity contribution in [2.75, 3.05) is 26.3 Å². The second-order valence-corrected chi connectivity index (χ2v) is 7.57. The summed E-state index contributed by atoms with van der Waals surface area (Å²) in [7, 11) is -3.69. The van der Waals surface area contributed by atoms with Crippen LogP contribution in [-0.2, 0) is 14.8 Å². The zero-order valence-electron chi connectivity index (χ0n) is 11.9. The standard InChI is InChI=1S/C15H16N2O3S2/c18-22(19,14-7-4-12-21-14)16-15(13-5-2-1-3-6-13)17-8-10-20-11-9-17/h1-7,12H,8-11H2/b16-15+. The quantitative estimate of drug-likeness (QED) is 0.637. The lowest BCUT2D eigenvalue weighted by molar-refractivity contribution is 0.0683. The fourth-order valence-corrected chi connectivity index (χ4v) is 4.23. The molecule has 2 aromatic rings. The van der Waals surface area contributed by atoms with Crippen molar-refractivity contribution < 1.29 is 13.2 Å². The third kappa shape index (κ3) is 3.37. The van der Waals surface area contributed by atoms with Crippen LogP contribution in [0.25, 0.3) is 0 Å². The molecular weight excluding hydrogens is 320 g/mol. The van der Waals surface area contributed by atoms with Crippen molar-refractivity contribution in [1.82, 2.24) is 4.90 Å². The van der Waals surface area contributed by atoms with Crippen LogP contribution >= 0.6 is 11.3 Å². The Morgan fingerprint density at radius 3 is 2.45 bits per heavy atom. The summed E-state index contributed by atoms with van der Waals surface area (Å²) >= 11 is 1.18. The van der Waals surface area contributed by atoms with Crippen molar-refractivity contribution in [3.05, 3.63) is 53.4 Å². The van der Waals surface area contributed by atoms with Crippen LogP contribution in [-0.4, -0.2) is 45.5 Å². The number of sulfonamides is 1. The van der Waals surface area contributed by atoms with E-state index in [4.69, 9.17) is 4.74 Å². The molecular formula is C15H16N2O3S2. The van der Waals surface area contributed by atoms with E-state index in [2.05, 4.69) is 4.40 Å². The summed E-state index contributed by atoms with van der Waals surface area (Å²) in [6.45, 7) is 2.41. The molecule has 1 aliphatic rings. The molecule has 1 aliphatic heterocycles. The summed E-state index contributed by atoms with van der Waals surface area (Å²) < 4.78 is 34.7. The van der Waals surface area contributed by atoms with Crippen LogP contribution < -0.4 is 0 Å². The average molecular weight is 336 g/mol. The third-order valence-corrected chi connectivity index (χ3v) is 5.94. The predicted molar refractivity (Wildman–Crippen MR) is 86.9 cm³/mol. The molecule has 1 saturated heterocycles. The van der Waals surface area contributed by atoms with E-state index in [1.165, 1.54) is 11.3 Å². The average Bonchev–Trinajstić information content (AvgIpc) is 3.10. The summed E-state index contributed by atoms with van der Waals surface area (Å²) in [6.07, 6.45) is 0. The van der Waals surface area contributed by atoms with Gasteiger partial charge in [-0.3, -0.25) is 0 Å². The Morgan fingerprint density at radius 2 is 1.82 bits per heavy atom. The van der Waals surface area contributed by atoms with Gasteiger partial charge in [0.15, 0.2) is 0 Å². The number of morpholine rings is 1. The molecule has 0 bridgehead atoms. The summed E-state index contributed by atoms with van der Waals surface area (Å²) in [5.41, 5.74) is 0.796. The minimum absolute atomic E-state index is 0.259. The van der Waals surface area contributed by atoms with Gasteiger partial charge in [0.05, 0.1) is 13.2 Å². The van der Waals surface area contributed by atoms with E-state index in [0.717, 1.165) is 5.56 Å². The maximum atomic E-state index is 12.5. The summed E-state index contributed by atoms with van der Waals surface area (Å²) in [5, 5.41) is 1.74. The number of hydrogen-bond acceptors (Lipinski definition) is 4. The van der Waals surface area contributed by atoms with Gasteiger partial charge in [-0.1, -0.05) is 36.4 Å². The Balaban J connectivity index is 2.03. The Hall–Kier alpha value is -1.70. The number of nitrogens with zero attached hydrogens (tertiary/aromatic N) is 2. The smallest absolute Gasteiger partial charge is 0.293 e. The van der Waals surface area contributed by atoms with E-state index in [0.29, 0.717) is 32.1 Å². The van der Waals surface area contributed by atoms with E-state index in [1.807, 2.05) is 35.2 Å². The molecule has 5 nitrogen and oxygen atoms in total.